The van der Waals surface area contributed by atoms with Gasteiger partial charge in [0.25, 0.3) is 0 Å². The summed E-state index contributed by atoms with van der Waals surface area (Å²) in [5.74, 6) is 0. The topological polar surface area (TPSA) is 0 Å². The van der Waals surface area contributed by atoms with E-state index in [1.807, 2.05) is 0 Å². The van der Waals surface area contributed by atoms with Gasteiger partial charge in [0.15, 0.2) is 0 Å². The molecule has 2 rings (SSSR count). The molecule has 0 radical (unpaired) electrons. The maximum Gasteiger partial charge on any atom is -1.00 e. The summed E-state index contributed by atoms with van der Waals surface area (Å²) in [5, 5.41) is 0. The first-order chi connectivity index (χ1) is 6.79. The molecule has 0 bridgehead atoms. The molecule has 0 N–H and O–H groups in total. The van der Waals surface area contributed by atoms with Crippen LogP contribution in [0.4, 0.5) is 0 Å². The molecule has 2 aliphatic rings. The van der Waals surface area contributed by atoms with E-state index >= 15 is 0 Å². The molecule has 0 fully saturated rings. The number of rotatable bonds is 2. The third-order valence-corrected chi connectivity index (χ3v) is 10.1. The number of allylic oxidation sites excluding steroid dienone is 8. The van der Waals surface area contributed by atoms with Gasteiger partial charge in [-0.3, -0.25) is 0 Å². The molecule has 0 atom stereocenters. The predicted molar refractivity (Wildman–Crippen MR) is 61.1 cm³/mol. The van der Waals surface area contributed by atoms with Crippen LogP contribution in [0.15, 0.2) is 43.0 Å². The molecule has 0 aromatic heterocycles. The summed E-state index contributed by atoms with van der Waals surface area (Å²) >= 11 is -1.51. The summed E-state index contributed by atoms with van der Waals surface area (Å²) in [6, 6.07) is 0. The summed E-state index contributed by atoms with van der Waals surface area (Å²) in [7, 11) is 0. The van der Waals surface area contributed by atoms with E-state index in [0.29, 0.717) is 0 Å². The molecule has 0 aromatic carbocycles. The number of hydrogen-bond donors (Lipinski definition) is 0. The monoisotopic (exact) mass is 298 g/mol. The summed E-state index contributed by atoms with van der Waals surface area (Å²) in [6.07, 6.45) is 16.2. The van der Waals surface area contributed by atoms with Crippen LogP contribution in [0.2, 0.25) is 0 Å². The minimum Gasteiger partial charge on any atom is -1.00 e. The Bertz CT molecular complexity index is 364. The Morgan fingerprint density at radius 3 is 1.80 bits per heavy atom. The molecule has 0 amide bonds. The first-order valence-corrected chi connectivity index (χ1v) is 8.87. The van der Waals surface area contributed by atoms with Crippen molar-refractivity contribution in [1.82, 2.24) is 0 Å². The van der Waals surface area contributed by atoms with Crippen LogP contribution < -0.4 is 12.4 Å². The molecule has 0 aliphatic heterocycles. The van der Waals surface area contributed by atoms with Gasteiger partial charge >= 0.3 is 94.2 Å². The second-order valence-electron chi connectivity index (χ2n) is 4.02. The molecule has 0 saturated heterocycles. The van der Waals surface area contributed by atoms with Gasteiger partial charge in [-0.1, -0.05) is 0 Å². The molecule has 0 unspecified atom stereocenters. The van der Waals surface area contributed by atoms with Crippen LogP contribution in [-0.4, -0.2) is 3.21 Å². The molecule has 0 spiro atoms. The standard InChI is InChI=1S/2C5H5.C3H6.ClH.Zr.H/c2*1-2-4-5-3-1;1-3-2;;;/h2*1-3H,4H2;1-2H3;1H;;/q;;;;;-1/p-1. The Balaban J connectivity index is 0.00000112. The summed E-state index contributed by atoms with van der Waals surface area (Å²) < 4.78 is 5.21. The van der Waals surface area contributed by atoms with Crippen LogP contribution in [0.5, 0.6) is 0 Å². The van der Waals surface area contributed by atoms with Crippen molar-refractivity contribution in [3.63, 3.8) is 0 Å². The van der Waals surface area contributed by atoms with E-state index in [4.69, 9.17) is 0 Å². The van der Waals surface area contributed by atoms with Gasteiger partial charge in [-0.15, -0.1) is 0 Å². The van der Waals surface area contributed by atoms with Gasteiger partial charge in [0.05, 0.1) is 0 Å². The van der Waals surface area contributed by atoms with E-state index < -0.39 is 21.3 Å². The van der Waals surface area contributed by atoms with Crippen molar-refractivity contribution in [2.24, 2.45) is 0 Å². The SMILES string of the molecule is C[C](C)=[Zr]([C]1=CC=CC1)[C]1=CC=CC1.[Cl-].[H-]. The third-order valence-electron chi connectivity index (χ3n) is 2.68. The maximum absolute atomic E-state index is 2.36. The van der Waals surface area contributed by atoms with E-state index in [9.17, 15) is 0 Å². The Kier molecular flexibility index (Phi) is 5.16. The molecule has 2 heteroatoms. The number of hydrogen-bond acceptors (Lipinski definition) is 0. The van der Waals surface area contributed by atoms with Gasteiger partial charge in [-0.25, -0.2) is 0 Å². The van der Waals surface area contributed by atoms with Gasteiger partial charge < -0.3 is 13.8 Å². The Morgan fingerprint density at radius 1 is 1.07 bits per heavy atom. The summed E-state index contributed by atoms with van der Waals surface area (Å²) in [5.41, 5.74) is 0. The zero-order valence-corrected chi connectivity index (χ0v) is 12.5. The second kappa shape index (κ2) is 5.92. The Hall–Kier alpha value is 0.00312. The summed E-state index contributed by atoms with van der Waals surface area (Å²) in [6.45, 7) is 4.65. The van der Waals surface area contributed by atoms with Crippen LogP contribution in [0.1, 0.15) is 28.1 Å². The van der Waals surface area contributed by atoms with Crippen LogP contribution >= 0.6 is 0 Å². The summed E-state index contributed by atoms with van der Waals surface area (Å²) in [4.78, 5) is 0. The van der Waals surface area contributed by atoms with Gasteiger partial charge in [0.1, 0.15) is 0 Å². The van der Waals surface area contributed by atoms with Crippen molar-refractivity contribution in [3.05, 3.63) is 43.0 Å². The fourth-order valence-electron chi connectivity index (χ4n) is 2.11. The zero-order valence-electron chi connectivity index (χ0n) is 10.3. The zero-order chi connectivity index (χ0) is 9.97. The molecule has 0 heterocycles. The van der Waals surface area contributed by atoms with Crippen LogP contribution in [0, 0.1) is 0 Å². The van der Waals surface area contributed by atoms with Gasteiger partial charge in [-0.2, -0.15) is 0 Å². The average Bonchev–Trinajstić information content (AvgIpc) is 2.75. The fourth-order valence-corrected chi connectivity index (χ4v) is 9.16. The van der Waals surface area contributed by atoms with Crippen molar-refractivity contribution >= 4 is 3.21 Å². The number of halogens is 1. The minimum absolute atomic E-state index is 0. The Labute approximate surface area is 108 Å². The largest absolute Gasteiger partial charge is 1.00 e. The van der Waals surface area contributed by atoms with Crippen molar-refractivity contribution in [2.75, 3.05) is 0 Å². The molecule has 82 valence electrons. The van der Waals surface area contributed by atoms with Gasteiger partial charge in [0, 0.05) is 0 Å². The first kappa shape index (κ1) is 13.1. The molecule has 0 saturated carbocycles. The molecule has 2 aliphatic carbocycles. The maximum atomic E-state index is 2.36. The van der Waals surface area contributed by atoms with Crippen molar-refractivity contribution < 1.29 is 35.1 Å². The van der Waals surface area contributed by atoms with Gasteiger partial charge in [0.2, 0.25) is 0 Å². The van der Waals surface area contributed by atoms with Crippen LogP contribution in [0.3, 0.4) is 0 Å². The van der Waals surface area contributed by atoms with Crippen LogP contribution in [-0.2, 0) is 21.3 Å². The minimum atomic E-state index is -1.51. The van der Waals surface area contributed by atoms with E-state index in [1.165, 1.54) is 12.8 Å². The Morgan fingerprint density at radius 2 is 1.53 bits per heavy atom. The smallest absolute Gasteiger partial charge is 1.00 e. The average molecular weight is 300 g/mol. The second-order valence-corrected chi connectivity index (χ2v) is 11.5. The molecule has 0 nitrogen and oxygen atoms in total. The third kappa shape index (κ3) is 2.98. The van der Waals surface area contributed by atoms with Gasteiger partial charge in [-0.05, 0) is 0 Å². The molecule has 15 heavy (non-hydrogen) atoms. The fraction of sp³-hybridized carbons (Fsp3) is 0.308. The quantitative estimate of drug-likeness (QED) is 0.701. The van der Waals surface area contributed by atoms with E-state index in [2.05, 4.69) is 50.3 Å². The van der Waals surface area contributed by atoms with Crippen molar-refractivity contribution in [3.8, 4) is 0 Å². The normalized spacial score (nSPS) is 17.2. The van der Waals surface area contributed by atoms with Crippen molar-refractivity contribution in [1.29, 1.82) is 0 Å². The molecular formula is C13H17ClZr-2. The molecular weight excluding hydrogens is 283 g/mol. The van der Waals surface area contributed by atoms with E-state index in [-0.39, 0.29) is 13.8 Å². The van der Waals surface area contributed by atoms with Crippen LogP contribution in [0.25, 0.3) is 0 Å². The van der Waals surface area contributed by atoms with E-state index in [0.717, 1.165) is 0 Å². The van der Waals surface area contributed by atoms with E-state index in [1.54, 1.807) is 9.77 Å². The first-order valence-electron chi connectivity index (χ1n) is 5.18. The molecule has 0 aromatic rings. The van der Waals surface area contributed by atoms with Crippen molar-refractivity contribution in [2.45, 2.75) is 26.7 Å². The predicted octanol–water partition coefficient (Wildman–Crippen LogP) is 0.621.